The van der Waals surface area contributed by atoms with Crippen LogP contribution < -0.4 is 0 Å². The molecule has 0 unspecified atom stereocenters. The number of nitrogens with zero attached hydrogens (tertiary/aromatic N) is 3. The maximum Gasteiger partial charge on any atom is 0.208 e. The quantitative estimate of drug-likeness (QED) is 0.682. The molecule has 0 amide bonds. The SMILES string of the molecule is CCCc1nc(SCc2csc(-c3ccc(F)cc3)n2)n[nH]1. The number of aromatic amines is 1. The van der Waals surface area contributed by atoms with Crippen LogP contribution in [0, 0.1) is 5.82 Å². The molecule has 114 valence electrons. The third-order valence-electron chi connectivity index (χ3n) is 2.99. The summed E-state index contributed by atoms with van der Waals surface area (Å²) in [6.07, 6.45) is 1.96. The van der Waals surface area contributed by atoms with Crippen molar-refractivity contribution in [2.24, 2.45) is 0 Å². The molecular formula is C15H15FN4S2. The largest absolute Gasteiger partial charge is 0.262 e. The lowest BCUT2D eigenvalue weighted by molar-refractivity contribution is 0.628. The molecule has 1 N–H and O–H groups in total. The number of aryl methyl sites for hydroxylation is 1. The molecule has 0 fully saturated rings. The van der Waals surface area contributed by atoms with Gasteiger partial charge in [-0.25, -0.2) is 14.4 Å². The van der Waals surface area contributed by atoms with E-state index in [0.717, 1.165) is 45.8 Å². The maximum atomic E-state index is 12.9. The Kier molecular flexibility index (Phi) is 4.84. The highest BCUT2D eigenvalue weighted by Gasteiger charge is 2.08. The summed E-state index contributed by atoms with van der Waals surface area (Å²) in [6, 6.07) is 6.40. The molecule has 3 rings (SSSR count). The first-order chi connectivity index (χ1) is 10.7. The Bertz CT molecular complexity index is 736. The molecule has 1 aromatic carbocycles. The monoisotopic (exact) mass is 334 g/mol. The zero-order valence-electron chi connectivity index (χ0n) is 12.0. The van der Waals surface area contributed by atoms with E-state index < -0.39 is 0 Å². The molecule has 0 bridgehead atoms. The van der Waals surface area contributed by atoms with Crippen LogP contribution in [-0.4, -0.2) is 20.2 Å². The fraction of sp³-hybridized carbons (Fsp3) is 0.267. The van der Waals surface area contributed by atoms with Crippen molar-refractivity contribution in [3.8, 4) is 10.6 Å². The summed E-state index contributed by atoms with van der Waals surface area (Å²) in [5.74, 6) is 1.42. The molecule has 0 saturated carbocycles. The minimum atomic E-state index is -0.233. The molecule has 0 atom stereocenters. The number of halogens is 1. The Morgan fingerprint density at radius 3 is 2.82 bits per heavy atom. The molecule has 4 nitrogen and oxygen atoms in total. The highest BCUT2D eigenvalue weighted by atomic mass is 32.2. The number of hydrogen-bond donors (Lipinski definition) is 1. The van der Waals surface area contributed by atoms with Gasteiger partial charge >= 0.3 is 0 Å². The van der Waals surface area contributed by atoms with Crippen LogP contribution in [0.1, 0.15) is 24.9 Å². The normalized spacial score (nSPS) is 11.0. The number of thioether (sulfide) groups is 1. The van der Waals surface area contributed by atoms with Gasteiger partial charge in [0.25, 0.3) is 0 Å². The van der Waals surface area contributed by atoms with E-state index in [4.69, 9.17) is 0 Å². The van der Waals surface area contributed by atoms with E-state index in [9.17, 15) is 4.39 Å². The van der Waals surface area contributed by atoms with Crippen molar-refractivity contribution >= 4 is 23.1 Å². The van der Waals surface area contributed by atoms with Crippen molar-refractivity contribution in [3.63, 3.8) is 0 Å². The Morgan fingerprint density at radius 2 is 2.05 bits per heavy atom. The molecule has 22 heavy (non-hydrogen) atoms. The lowest BCUT2D eigenvalue weighted by atomic mass is 10.2. The third kappa shape index (κ3) is 3.72. The van der Waals surface area contributed by atoms with E-state index in [-0.39, 0.29) is 5.82 Å². The fourth-order valence-electron chi connectivity index (χ4n) is 1.93. The number of benzene rings is 1. The van der Waals surface area contributed by atoms with Crippen LogP contribution in [0.25, 0.3) is 10.6 Å². The van der Waals surface area contributed by atoms with Gasteiger partial charge in [0.05, 0.1) is 5.69 Å². The summed E-state index contributed by atoms with van der Waals surface area (Å²) in [5.41, 5.74) is 1.92. The van der Waals surface area contributed by atoms with Crippen LogP contribution in [0.4, 0.5) is 4.39 Å². The number of nitrogens with one attached hydrogen (secondary N) is 1. The number of thiazole rings is 1. The smallest absolute Gasteiger partial charge is 0.208 e. The van der Waals surface area contributed by atoms with Gasteiger partial charge in [-0.05, 0) is 30.7 Å². The average Bonchev–Trinajstić information content (AvgIpc) is 3.16. The topological polar surface area (TPSA) is 54.5 Å². The van der Waals surface area contributed by atoms with E-state index in [1.807, 2.05) is 5.38 Å². The number of aromatic nitrogens is 4. The molecule has 0 aliphatic rings. The van der Waals surface area contributed by atoms with E-state index in [1.54, 1.807) is 35.2 Å². The van der Waals surface area contributed by atoms with Crippen molar-refractivity contribution < 1.29 is 4.39 Å². The highest BCUT2D eigenvalue weighted by Crippen LogP contribution is 2.27. The molecule has 0 spiro atoms. The van der Waals surface area contributed by atoms with Gasteiger partial charge in [-0.2, -0.15) is 0 Å². The molecular weight excluding hydrogens is 319 g/mol. The standard InChI is InChI=1S/C15H15FN4S2/c1-2-3-13-18-15(20-19-13)22-9-12-8-21-14(17-12)10-4-6-11(16)7-5-10/h4-8H,2-3,9H2,1H3,(H,18,19,20). The van der Waals surface area contributed by atoms with Gasteiger partial charge in [0, 0.05) is 23.1 Å². The lowest BCUT2D eigenvalue weighted by Gasteiger charge is -1.95. The molecule has 2 heterocycles. The summed E-state index contributed by atoms with van der Waals surface area (Å²) in [5, 5.41) is 10.8. The van der Waals surface area contributed by atoms with E-state index in [0.29, 0.717) is 0 Å². The first kappa shape index (κ1) is 15.2. The van der Waals surface area contributed by atoms with Gasteiger partial charge in [-0.1, -0.05) is 18.7 Å². The van der Waals surface area contributed by atoms with Crippen molar-refractivity contribution in [1.82, 2.24) is 20.2 Å². The van der Waals surface area contributed by atoms with Gasteiger partial charge in [0.1, 0.15) is 16.6 Å². The molecule has 2 aromatic heterocycles. The second-order valence-corrected chi connectivity index (χ2v) is 6.55. The first-order valence-corrected chi connectivity index (χ1v) is 8.85. The van der Waals surface area contributed by atoms with Gasteiger partial charge < -0.3 is 0 Å². The highest BCUT2D eigenvalue weighted by molar-refractivity contribution is 7.98. The minimum Gasteiger partial charge on any atom is -0.262 e. The summed E-state index contributed by atoms with van der Waals surface area (Å²) in [6.45, 7) is 2.11. The van der Waals surface area contributed by atoms with Crippen LogP contribution in [0.5, 0.6) is 0 Å². The van der Waals surface area contributed by atoms with Crippen molar-refractivity contribution in [2.45, 2.75) is 30.7 Å². The van der Waals surface area contributed by atoms with E-state index in [2.05, 4.69) is 27.1 Å². The van der Waals surface area contributed by atoms with E-state index in [1.165, 1.54) is 12.1 Å². The maximum absolute atomic E-state index is 12.9. The van der Waals surface area contributed by atoms with Gasteiger partial charge in [-0.15, -0.1) is 16.4 Å². The third-order valence-corrected chi connectivity index (χ3v) is 4.81. The van der Waals surface area contributed by atoms with Gasteiger partial charge in [0.2, 0.25) is 5.16 Å². The summed E-state index contributed by atoms with van der Waals surface area (Å²) in [7, 11) is 0. The zero-order chi connectivity index (χ0) is 15.4. The van der Waals surface area contributed by atoms with Crippen LogP contribution in [0.3, 0.4) is 0 Å². The van der Waals surface area contributed by atoms with Gasteiger partial charge in [-0.3, -0.25) is 5.10 Å². The van der Waals surface area contributed by atoms with E-state index >= 15 is 0 Å². The van der Waals surface area contributed by atoms with Crippen molar-refractivity contribution in [2.75, 3.05) is 0 Å². The van der Waals surface area contributed by atoms with Crippen molar-refractivity contribution in [3.05, 3.63) is 47.0 Å². The number of H-pyrrole nitrogens is 1. The van der Waals surface area contributed by atoms with Gasteiger partial charge in [0.15, 0.2) is 0 Å². The Morgan fingerprint density at radius 1 is 1.23 bits per heavy atom. The molecule has 0 radical (unpaired) electrons. The average molecular weight is 334 g/mol. The first-order valence-electron chi connectivity index (χ1n) is 6.99. The second-order valence-electron chi connectivity index (χ2n) is 4.75. The van der Waals surface area contributed by atoms with Crippen LogP contribution >= 0.6 is 23.1 Å². The molecule has 0 aliphatic carbocycles. The fourth-order valence-corrected chi connectivity index (χ4v) is 3.57. The zero-order valence-corrected chi connectivity index (χ0v) is 13.7. The molecule has 3 aromatic rings. The van der Waals surface area contributed by atoms with Crippen molar-refractivity contribution in [1.29, 1.82) is 0 Å². The second kappa shape index (κ2) is 7.02. The summed E-state index contributed by atoms with van der Waals surface area (Å²) in [4.78, 5) is 9.00. The van der Waals surface area contributed by atoms with Crippen LogP contribution in [0.2, 0.25) is 0 Å². The predicted molar refractivity (Wildman–Crippen MR) is 87.4 cm³/mol. The Hall–Kier alpha value is -1.73. The number of rotatable bonds is 6. The summed E-state index contributed by atoms with van der Waals surface area (Å²) >= 11 is 3.12. The Balaban J connectivity index is 1.62. The minimum absolute atomic E-state index is 0.233. The molecule has 0 saturated heterocycles. The van der Waals surface area contributed by atoms with Crippen LogP contribution in [0.15, 0.2) is 34.8 Å². The molecule has 7 heteroatoms. The Labute approximate surface area is 136 Å². The molecule has 0 aliphatic heterocycles. The summed E-state index contributed by atoms with van der Waals surface area (Å²) < 4.78 is 12.9. The lowest BCUT2D eigenvalue weighted by Crippen LogP contribution is -1.85. The predicted octanol–water partition coefficient (Wildman–Crippen LogP) is 4.31. The van der Waals surface area contributed by atoms with Crippen LogP contribution in [-0.2, 0) is 12.2 Å². The number of hydrogen-bond acceptors (Lipinski definition) is 5.